The van der Waals surface area contributed by atoms with E-state index in [-0.39, 0.29) is 11.8 Å². The van der Waals surface area contributed by atoms with Gasteiger partial charge >= 0.3 is 15.4 Å². The van der Waals surface area contributed by atoms with Gasteiger partial charge in [0.15, 0.2) is 0 Å². The smallest absolute Gasteiger partial charge is 0.291 e. The van der Waals surface area contributed by atoms with Gasteiger partial charge in [-0.15, -0.1) is 0 Å². The second-order valence-electron chi connectivity index (χ2n) is 5.82. The van der Waals surface area contributed by atoms with Crippen molar-refractivity contribution in [2.75, 3.05) is 0 Å². The minimum Gasteiger partial charge on any atom is -0.291 e. The van der Waals surface area contributed by atoms with Gasteiger partial charge in [-0.2, -0.15) is 17.2 Å². The van der Waals surface area contributed by atoms with Crippen LogP contribution < -0.4 is 0 Å². The third-order valence-electron chi connectivity index (χ3n) is 3.48. The number of Topliss-reactive ketones (excluding diaryl/α,β-unsaturated/α-hetero) is 1. The standard InChI is InChI=1S/C15H20F2O4S/c1-9(2)11-6-5-7-12(10(3)4)13(11)8-14(18)15(16,17)22(19,20)21/h5-7,9-10H,8H2,1-4H3,(H,19,20,21). The van der Waals surface area contributed by atoms with Crippen LogP contribution in [0, 0.1) is 0 Å². The van der Waals surface area contributed by atoms with E-state index in [4.69, 9.17) is 4.55 Å². The lowest BCUT2D eigenvalue weighted by molar-refractivity contribution is -0.133. The molecule has 7 heteroatoms. The summed E-state index contributed by atoms with van der Waals surface area (Å²) in [6, 6.07) is 5.23. The normalized spacial score (nSPS) is 13.0. The van der Waals surface area contributed by atoms with Gasteiger partial charge in [0.05, 0.1) is 0 Å². The fourth-order valence-electron chi connectivity index (χ4n) is 2.32. The van der Waals surface area contributed by atoms with Crippen molar-refractivity contribution in [3.05, 3.63) is 34.9 Å². The molecule has 0 fully saturated rings. The largest absolute Gasteiger partial charge is 0.427 e. The van der Waals surface area contributed by atoms with Gasteiger partial charge in [-0.3, -0.25) is 9.35 Å². The predicted molar refractivity (Wildman–Crippen MR) is 79.8 cm³/mol. The highest BCUT2D eigenvalue weighted by Gasteiger charge is 2.51. The van der Waals surface area contributed by atoms with Gasteiger partial charge in [-0.05, 0) is 28.5 Å². The van der Waals surface area contributed by atoms with Gasteiger partial charge in [-0.1, -0.05) is 45.9 Å². The molecule has 0 unspecified atom stereocenters. The van der Waals surface area contributed by atoms with E-state index in [0.29, 0.717) is 16.7 Å². The van der Waals surface area contributed by atoms with Crippen molar-refractivity contribution in [2.24, 2.45) is 0 Å². The molecular weight excluding hydrogens is 314 g/mol. The summed E-state index contributed by atoms with van der Waals surface area (Å²) < 4.78 is 56.9. The van der Waals surface area contributed by atoms with Crippen LogP contribution in [0.15, 0.2) is 18.2 Å². The van der Waals surface area contributed by atoms with E-state index in [9.17, 15) is 22.0 Å². The minimum absolute atomic E-state index is 0.0131. The molecule has 124 valence electrons. The summed E-state index contributed by atoms with van der Waals surface area (Å²) in [6.45, 7) is 7.42. The molecule has 1 N–H and O–H groups in total. The maximum absolute atomic E-state index is 13.5. The molecule has 22 heavy (non-hydrogen) atoms. The van der Waals surface area contributed by atoms with E-state index in [1.165, 1.54) is 0 Å². The van der Waals surface area contributed by atoms with E-state index in [2.05, 4.69) is 0 Å². The molecule has 0 atom stereocenters. The van der Waals surface area contributed by atoms with Crippen molar-refractivity contribution < 1.29 is 26.5 Å². The van der Waals surface area contributed by atoms with Gasteiger partial charge < -0.3 is 0 Å². The average Bonchev–Trinajstić information content (AvgIpc) is 2.36. The molecule has 0 radical (unpaired) electrons. The molecule has 0 aliphatic heterocycles. The predicted octanol–water partition coefficient (Wildman–Crippen LogP) is 3.53. The second-order valence-corrected chi connectivity index (χ2v) is 7.28. The molecule has 4 nitrogen and oxygen atoms in total. The maximum atomic E-state index is 13.5. The zero-order valence-corrected chi connectivity index (χ0v) is 13.7. The lowest BCUT2D eigenvalue weighted by atomic mass is 9.86. The van der Waals surface area contributed by atoms with Crippen molar-refractivity contribution >= 4 is 15.9 Å². The molecule has 0 spiro atoms. The Morgan fingerprint density at radius 3 is 1.86 bits per heavy atom. The van der Waals surface area contributed by atoms with Crippen LogP contribution in [0.3, 0.4) is 0 Å². The van der Waals surface area contributed by atoms with E-state index < -0.39 is 27.6 Å². The maximum Gasteiger partial charge on any atom is 0.427 e. The molecular formula is C15H20F2O4S. The quantitative estimate of drug-likeness (QED) is 0.808. The number of hydrogen-bond acceptors (Lipinski definition) is 3. The molecule has 0 aromatic heterocycles. The number of alkyl halides is 2. The summed E-state index contributed by atoms with van der Waals surface area (Å²) in [7, 11) is -5.77. The number of carbonyl (C=O) groups is 1. The van der Waals surface area contributed by atoms with E-state index in [1.54, 1.807) is 18.2 Å². The van der Waals surface area contributed by atoms with Gasteiger partial charge in [0.25, 0.3) is 0 Å². The Kier molecular flexibility index (Phi) is 5.46. The first-order chi connectivity index (χ1) is 9.89. The lowest BCUT2D eigenvalue weighted by Gasteiger charge is -2.20. The number of rotatable bonds is 6. The molecule has 0 aliphatic rings. The number of ketones is 1. The number of benzene rings is 1. The summed E-state index contributed by atoms with van der Waals surface area (Å²) in [5, 5.41) is -4.80. The fourth-order valence-corrected chi connectivity index (χ4v) is 2.68. The molecule has 0 saturated carbocycles. The summed E-state index contributed by atoms with van der Waals surface area (Å²) >= 11 is 0. The van der Waals surface area contributed by atoms with Crippen LogP contribution in [0.25, 0.3) is 0 Å². The van der Waals surface area contributed by atoms with Crippen molar-refractivity contribution in [3.63, 3.8) is 0 Å². The van der Waals surface area contributed by atoms with Crippen molar-refractivity contribution in [2.45, 2.75) is 51.2 Å². The van der Waals surface area contributed by atoms with Gasteiger partial charge in [0.1, 0.15) is 0 Å². The Hall–Kier alpha value is -1.34. The fraction of sp³-hybridized carbons (Fsp3) is 0.533. The summed E-state index contributed by atoms with van der Waals surface area (Å²) in [4.78, 5) is 11.7. The summed E-state index contributed by atoms with van der Waals surface area (Å²) in [6.07, 6.45) is -0.741. The Morgan fingerprint density at radius 1 is 1.14 bits per heavy atom. The van der Waals surface area contributed by atoms with Crippen LogP contribution in [0.1, 0.15) is 56.2 Å². The molecule has 1 aromatic rings. The Labute approximate surface area is 129 Å². The highest BCUT2D eigenvalue weighted by atomic mass is 32.2. The van der Waals surface area contributed by atoms with Crippen LogP contribution >= 0.6 is 0 Å². The van der Waals surface area contributed by atoms with Crippen LogP contribution in [0.5, 0.6) is 0 Å². The Morgan fingerprint density at radius 2 is 1.55 bits per heavy atom. The molecule has 0 bridgehead atoms. The second kappa shape index (κ2) is 6.42. The van der Waals surface area contributed by atoms with Gasteiger partial charge in [0.2, 0.25) is 5.78 Å². The van der Waals surface area contributed by atoms with Gasteiger partial charge in [-0.25, -0.2) is 0 Å². The van der Waals surface area contributed by atoms with E-state index >= 15 is 0 Å². The third kappa shape index (κ3) is 3.70. The molecule has 1 aromatic carbocycles. The zero-order chi connectivity index (χ0) is 17.3. The summed E-state index contributed by atoms with van der Waals surface area (Å²) in [5.41, 5.74) is 1.83. The zero-order valence-electron chi connectivity index (χ0n) is 12.9. The minimum atomic E-state index is -5.77. The molecule has 0 aliphatic carbocycles. The lowest BCUT2D eigenvalue weighted by Crippen LogP contribution is -2.38. The third-order valence-corrected chi connectivity index (χ3v) is 4.35. The number of halogens is 2. The van der Waals surface area contributed by atoms with E-state index in [0.717, 1.165) is 0 Å². The molecule has 0 heterocycles. The number of carbonyl (C=O) groups excluding carboxylic acids is 1. The first-order valence-corrected chi connectivity index (χ1v) is 8.33. The molecule has 0 amide bonds. The monoisotopic (exact) mass is 334 g/mol. The topological polar surface area (TPSA) is 71.4 Å². The average molecular weight is 334 g/mol. The Bertz CT molecular complexity index is 638. The Balaban J connectivity index is 3.36. The van der Waals surface area contributed by atoms with Crippen LogP contribution in [0.4, 0.5) is 8.78 Å². The molecule has 0 saturated heterocycles. The van der Waals surface area contributed by atoms with Crippen LogP contribution in [-0.2, 0) is 21.3 Å². The van der Waals surface area contributed by atoms with Crippen LogP contribution in [0.2, 0.25) is 0 Å². The highest BCUT2D eigenvalue weighted by Crippen LogP contribution is 2.31. The van der Waals surface area contributed by atoms with E-state index in [1.807, 2.05) is 27.7 Å². The van der Waals surface area contributed by atoms with Gasteiger partial charge in [0, 0.05) is 6.42 Å². The number of hydrogen-bond donors (Lipinski definition) is 1. The van der Waals surface area contributed by atoms with Crippen molar-refractivity contribution in [1.82, 2.24) is 0 Å². The highest BCUT2D eigenvalue weighted by molar-refractivity contribution is 7.87. The van der Waals surface area contributed by atoms with Crippen molar-refractivity contribution in [1.29, 1.82) is 0 Å². The van der Waals surface area contributed by atoms with Crippen LogP contribution in [-0.4, -0.2) is 24.0 Å². The first kappa shape index (κ1) is 18.7. The summed E-state index contributed by atoms with van der Waals surface area (Å²) in [5.74, 6) is -1.85. The molecule has 1 rings (SSSR count). The SMILES string of the molecule is CC(C)c1cccc(C(C)C)c1CC(=O)C(F)(F)S(=O)(=O)O. The van der Waals surface area contributed by atoms with Crippen molar-refractivity contribution in [3.8, 4) is 0 Å². The first-order valence-electron chi connectivity index (χ1n) is 6.89.